The van der Waals surface area contributed by atoms with E-state index in [9.17, 15) is 18.0 Å². The van der Waals surface area contributed by atoms with Crippen molar-refractivity contribution < 1.29 is 13.2 Å². The molecule has 1 aliphatic carbocycles. The molecule has 0 bridgehead atoms. The summed E-state index contributed by atoms with van der Waals surface area (Å²) >= 11 is 0. The smallest absolute Gasteiger partial charge is 0.369 e. The first-order valence-electron chi connectivity index (χ1n) is 13.6. The lowest BCUT2D eigenvalue weighted by atomic mass is 9.96. The Hall–Kier alpha value is -3.92. The highest BCUT2D eigenvalue weighted by Crippen LogP contribution is 2.44. The van der Waals surface area contributed by atoms with E-state index < -0.39 is 17.3 Å². The molecule has 2 fully saturated rings. The van der Waals surface area contributed by atoms with Gasteiger partial charge in [0, 0.05) is 61.2 Å². The summed E-state index contributed by atoms with van der Waals surface area (Å²) in [7, 11) is 2.12. The molecule has 4 aromatic rings. The highest BCUT2D eigenvalue weighted by atomic mass is 19.4. The van der Waals surface area contributed by atoms with Crippen LogP contribution in [0.5, 0.6) is 0 Å². The minimum absolute atomic E-state index is 0.00664. The number of nitrogens with one attached hydrogen (secondary N) is 1. The van der Waals surface area contributed by atoms with Crippen molar-refractivity contribution in [1.29, 1.82) is 0 Å². The van der Waals surface area contributed by atoms with Crippen LogP contribution in [0.3, 0.4) is 0 Å². The minimum Gasteiger partial charge on any atom is -0.369 e. The fraction of sp³-hybridized carbons (Fsp3) is 0.367. The third-order valence-electron chi connectivity index (χ3n) is 7.82. The molecule has 7 nitrogen and oxygen atoms in total. The summed E-state index contributed by atoms with van der Waals surface area (Å²) < 4.78 is 43.7. The van der Waals surface area contributed by atoms with Gasteiger partial charge in [-0.1, -0.05) is 12.1 Å². The quantitative estimate of drug-likeness (QED) is 0.325. The Morgan fingerprint density at radius 3 is 2.35 bits per heavy atom. The van der Waals surface area contributed by atoms with Gasteiger partial charge in [-0.15, -0.1) is 0 Å². The summed E-state index contributed by atoms with van der Waals surface area (Å²) in [5.74, 6) is 0.473. The second kappa shape index (κ2) is 10.2. The second-order valence-electron chi connectivity index (χ2n) is 10.6. The summed E-state index contributed by atoms with van der Waals surface area (Å²) in [5.41, 5.74) is 1.56. The Morgan fingerprint density at radius 1 is 0.975 bits per heavy atom. The number of fused-ring (bicyclic) bond motifs is 1. The molecule has 0 unspecified atom stereocenters. The zero-order valence-corrected chi connectivity index (χ0v) is 22.5. The lowest BCUT2D eigenvalue weighted by Gasteiger charge is -2.34. The van der Waals surface area contributed by atoms with E-state index in [0.717, 1.165) is 50.4 Å². The van der Waals surface area contributed by atoms with Gasteiger partial charge in [-0.25, -0.2) is 4.98 Å². The van der Waals surface area contributed by atoms with Crippen LogP contribution in [0.1, 0.15) is 36.8 Å². The maximum atomic E-state index is 14.1. The minimum atomic E-state index is -4.58. The van der Waals surface area contributed by atoms with E-state index in [0.29, 0.717) is 22.5 Å². The molecule has 0 amide bonds. The first kappa shape index (κ1) is 26.3. The molecule has 1 saturated heterocycles. The zero-order chi connectivity index (χ0) is 28.0. The number of likely N-dealkylation sites (N-methyl/N-ethyl adjacent to an activating group) is 1. The number of halogens is 3. The number of pyridine rings is 1. The molecule has 1 aliphatic heterocycles. The Kier molecular flexibility index (Phi) is 6.74. The number of aryl methyl sites for hydroxylation is 1. The summed E-state index contributed by atoms with van der Waals surface area (Å²) in [6.07, 6.45) is -1.25. The number of rotatable bonds is 6. The largest absolute Gasteiger partial charge is 0.417 e. The van der Waals surface area contributed by atoms with Crippen LogP contribution >= 0.6 is 0 Å². The van der Waals surface area contributed by atoms with Crippen LogP contribution in [0.25, 0.3) is 22.2 Å². The van der Waals surface area contributed by atoms with E-state index in [1.54, 1.807) is 19.2 Å². The number of alkyl halides is 3. The van der Waals surface area contributed by atoms with Crippen molar-refractivity contribution in [2.24, 2.45) is 0 Å². The topological polar surface area (TPSA) is 66.3 Å². The number of nitrogens with zero attached hydrogens (tertiary/aromatic N) is 5. The van der Waals surface area contributed by atoms with Crippen molar-refractivity contribution in [2.75, 3.05) is 43.4 Å². The molecule has 40 heavy (non-hydrogen) atoms. The Bertz CT molecular complexity index is 1600. The maximum absolute atomic E-state index is 14.1. The fourth-order valence-corrected chi connectivity index (χ4v) is 5.36. The van der Waals surface area contributed by atoms with E-state index in [2.05, 4.69) is 44.3 Å². The van der Waals surface area contributed by atoms with E-state index in [1.165, 1.54) is 22.8 Å². The highest BCUT2D eigenvalue weighted by Gasteiger charge is 2.36. The zero-order valence-electron chi connectivity index (χ0n) is 22.5. The predicted octanol–water partition coefficient (Wildman–Crippen LogP) is 5.87. The number of aromatic nitrogens is 3. The predicted molar refractivity (Wildman–Crippen MR) is 151 cm³/mol. The molecular weight excluding hydrogens is 517 g/mol. The Labute approximate surface area is 230 Å². The van der Waals surface area contributed by atoms with Crippen LogP contribution in [0.2, 0.25) is 0 Å². The molecule has 3 heterocycles. The number of anilines is 3. The first-order chi connectivity index (χ1) is 19.2. The summed E-state index contributed by atoms with van der Waals surface area (Å²) in [4.78, 5) is 27.1. The Morgan fingerprint density at radius 2 is 1.70 bits per heavy atom. The van der Waals surface area contributed by atoms with Crippen molar-refractivity contribution >= 4 is 28.4 Å². The molecule has 6 rings (SSSR count). The molecule has 0 spiro atoms. The van der Waals surface area contributed by atoms with Gasteiger partial charge in [0.2, 0.25) is 5.95 Å². The van der Waals surface area contributed by atoms with Gasteiger partial charge in [-0.2, -0.15) is 18.2 Å². The fourth-order valence-electron chi connectivity index (χ4n) is 5.36. The van der Waals surface area contributed by atoms with Crippen LogP contribution in [0.4, 0.5) is 30.5 Å². The molecule has 0 radical (unpaired) electrons. The molecule has 208 valence electrons. The lowest BCUT2D eigenvalue weighted by molar-refractivity contribution is -0.137. The summed E-state index contributed by atoms with van der Waals surface area (Å²) in [6.45, 7) is 6.02. The summed E-state index contributed by atoms with van der Waals surface area (Å²) in [5, 5.41) is 3.68. The lowest BCUT2D eigenvalue weighted by Crippen LogP contribution is -2.44. The van der Waals surface area contributed by atoms with Crippen LogP contribution in [0, 0.1) is 0 Å². The molecule has 2 aromatic carbocycles. The third kappa shape index (κ3) is 5.15. The van der Waals surface area contributed by atoms with E-state index in [-0.39, 0.29) is 23.6 Å². The Balaban J connectivity index is 1.32. The van der Waals surface area contributed by atoms with E-state index in [4.69, 9.17) is 0 Å². The first-order valence-corrected chi connectivity index (χ1v) is 13.6. The van der Waals surface area contributed by atoms with Crippen LogP contribution in [-0.2, 0) is 12.7 Å². The number of piperazine rings is 1. The van der Waals surface area contributed by atoms with Crippen molar-refractivity contribution in [3.05, 3.63) is 76.2 Å². The van der Waals surface area contributed by atoms with Gasteiger partial charge in [0.25, 0.3) is 5.56 Å². The molecule has 1 saturated carbocycles. The number of hydrogen-bond acceptors (Lipinski definition) is 6. The number of benzene rings is 2. The summed E-state index contributed by atoms with van der Waals surface area (Å²) in [6, 6.07) is 13.8. The van der Waals surface area contributed by atoms with Gasteiger partial charge in [-0.3, -0.25) is 9.36 Å². The average molecular weight is 549 g/mol. The van der Waals surface area contributed by atoms with Gasteiger partial charge in [-0.05, 0) is 80.3 Å². The van der Waals surface area contributed by atoms with Gasteiger partial charge in [0.1, 0.15) is 5.65 Å². The SMILES string of the molecule is CCn1c(=O)c(-c2ccc(C3CC3)cc2C(F)(F)F)cc2cnc(Nc3ccc(N4CCN(C)CC4)cc3)nc21. The normalized spacial score (nSPS) is 16.5. The second-order valence-corrected chi connectivity index (χ2v) is 10.6. The molecule has 0 atom stereocenters. The van der Waals surface area contributed by atoms with Crippen molar-refractivity contribution in [3.63, 3.8) is 0 Å². The monoisotopic (exact) mass is 548 g/mol. The van der Waals surface area contributed by atoms with Gasteiger partial charge >= 0.3 is 6.18 Å². The molecule has 10 heteroatoms. The van der Waals surface area contributed by atoms with Crippen molar-refractivity contribution in [2.45, 2.75) is 38.4 Å². The van der Waals surface area contributed by atoms with Crippen molar-refractivity contribution in [1.82, 2.24) is 19.4 Å². The van der Waals surface area contributed by atoms with Crippen LogP contribution < -0.4 is 15.8 Å². The average Bonchev–Trinajstić information content (AvgIpc) is 3.79. The van der Waals surface area contributed by atoms with E-state index in [1.807, 2.05) is 12.1 Å². The van der Waals surface area contributed by atoms with Gasteiger partial charge < -0.3 is 15.1 Å². The molecule has 2 aliphatic rings. The van der Waals surface area contributed by atoms with E-state index >= 15 is 0 Å². The molecule has 2 aromatic heterocycles. The molecule has 1 N–H and O–H groups in total. The highest BCUT2D eigenvalue weighted by molar-refractivity contribution is 5.83. The van der Waals surface area contributed by atoms with Crippen LogP contribution in [-0.4, -0.2) is 52.7 Å². The van der Waals surface area contributed by atoms with Crippen molar-refractivity contribution in [3.8, 4) is 11.1 Å². The van der Waals surface area contributed by atoms with Gasteiger partial charge in [0.05, 0.1) is 5.56 Å². The molecular formula is C30H31F3N6O. The maximum Gasteiger partial charge on any atom is 0.417 e. The number of hydrogen-bond donors (Lipinski definition) is 1. The van der Waals surface area contributed by atoms with Gasteiger partial charge in [0.15, 0.2) is 0 Å². The standard InChI is InChI=1S/C30H31F3N6O/c1-3-39-27-21(16-25(28(39)40)24-11-6-20(19-4-5-19)17-26(24)30(31,32)33)18-34-29(36-27)35-22-7-9-23(10-8-22)38-14-12-37(2)13-15-38/h6-11,16-19H,3-5,12-15H2,1-2H3,(H,34,35,36). The van der Waals surface area contributed by atoms with Crippen LogP contribution in [0.15, 0.2) is 59.5 Å². The third-order valence-corrected chi connectivity index (χ3v) is 7.82.